The van der Waals surface area contributed by atoms with E-state index < -0.39 is 11.4 Å². The lowest BCUT2D eigenvalue weighted by atomic mass is 9.91. The molecule has 3 aromatic heterocycles. The van der Waals surface area contributed by atoms with Gasteiger partial charge in [-0.2, -0.15) is 11.8 Å². The van der Waals surface area contributed by atoms with Crippen LogP contribution in [0.25, 0.3) is 22.1 Å². The molecule has 6 rings (SSSR count). The Balaban J connectivity index is 1.15. The summed E-state index contributed by atoms with van der Waals surface area (Å²) >= 11 is 9.36. The zero-order valence-electron chi connectivity index (χ0n) is 23.2. The number of fused-ring (bicyclic) bond motifs is 2. The lowest BCUT2D eigenvalue weighted by Crippen LogP contribution is -2.46. The number of thioether (sulfide) groups is 2. The summed E-state index contributed by atoms with van der Waals surface area (Å²) in [5.74, 6) is 1.39. The molecule has 1 amide bonds. The van der Waals surface area contributed by atoms with Gasteiger partial charge in [-0.15, -0.1) is 0 Å². The van der Waals surface area contributed by atoms with Gasteiger partial charge in [0, 0.05) is 29.7 Å². The molecule has 4 aromatic rings. The molecule has 0 unspecified atom stereocenters. The first kappa shape index (κ1) is 29.3. The first-order chi connectivity index (χ1) is 20.3. The molecule has 0 bridgehead atoms. The number of hydrogen-bond donors (Lipinski definition) is 1. The van der Waals surface area contributed by atoms with E-state index in [9.17, 15) is 18.8 Å². The Morgan fingerprint density at radius 1 is 1.10 bits per heavy atom. The number of halogens is 2. The van der Waals surface area contributed by atoms with Crippen LogP contribution >= 0.6 is 35.1 Å². The molecule has 1 aliphatic carbocycles. The first-order valence-electron chi connectivity index (χ1n) is 14.3. The largest absolute Gasteiger partial charge is 0.353 e. The van der Waals surface area contributed by atoms with E-state index in [4.69, 9.17) is 11.6 Å². The number of aryl methyl sites for hydroxylation is 1. The Morgan fingerprint density at radius 3 is 2.57 bits per heavy atom. The van der Waals surface area contributed by atoms with Crippen molar-refractivity contribution < 1.29 is 9.18 Å². The molecular weight excluding hydrogens is 599 g/mol. The topological polar surface area (TPSA) is 104 Å². The van der Waals surface area contributed by atoms with E-state index in [1.165, 1.54) is 22.4 Å². The van der Waals surface area contributed by atoms with Gasteiger partial charge in [-0.25, -0.2) is 19.2 Å². The normalized spacial score (nSPS) is 19.9. The molecular formula is C29H32ClFN6O3S2. The average Bonchev–Trinajstić information content (AvgIpc) is 3.34. The molecule has 1 saturated heterocycles. The molecule has 0 spiro atoms. The van der Waals surface area contributed by atoms with Crippen LogP contribution in [0.3, 0.4) is 0 Å². The number of carbonyl (C=O) groups is 1. The molecule has 0 radical (unpaired) electrons. The SMILES string of the molecule is CCn1c(SCC(=O)NC2CCC(n3c(=O)c4cc(F)cnc4n(C4CCSCC4)c3=O)CC2)nc2cc(Cl)ccc21. The summed E-state index contributed by atoms with van der Waals surface area (Å²) in [6.07, 6.45) is 5.07. The smallest absolute Gasteiger partial charge is 0.333 e. The summed E-state index contributed by atoms with van der Waals surface area (Å²) in [5, 5.41) is 4.65. The second kappa shape index (κ2) is 12.4. The second-order valence-corrected chi connectivity index (χ2v) is 13.4. The van der Waals surface area contributed by atoms with Crippen molar-refractivity contribution in [3.8, 4) is 0 Å². The average molecular weight is 631 g/mol. The molecule has 9 nitrogen and oxygen atoms in total. The van der Waals surface area contributed by atoms with Gasteiger partial charge in [-0.1, -0.05) is 23.4 Å². The molecule has 13 heteroatoms. The molecule has 1 saturated carbocycles. The van der Waals surface area contributed by atoms with Gasteiger partial charge in [0.15, 0.2) is 5.16 Å². The Hall–Kier alpha value is -2.83. The number of nitrogens with one attached hydrogen (secondary N) is 1. The number of hydrogen-bond acceptors (Lipinski definition) is 7. The Morgan fingerprint density at radius 2 is 1.83 bits per heavy atom. The minimum absolute atomic E-state index is 0.0500. The van der Waals surface area contributed by atoms with Crippen molar-refractivity contribution in [1.29, 1.82) is 0 Å². The van der Waals surface area contributed by atoms with Gasteiger partial charge in [0.25, 0.3) is 5.56 Å². The van der Waals surface area contributed by atoms with Crippen LogP contribution in [0.2, 0.25) is 5.02 Å². The van der Waals surface area contributed by atoms with E-state index in [2.05, 4.69) is 19.9 Å². The van der Waals surface area contributed by atoms with Crippen LogP contribution in [0.1, 0.15) is 57.5 Å². The lowest BCUT2D eigenvalue weighted by molar-refractivity contribution is -0.119. The quantitative estimate of drug-likeness (QED) is 0.281. The third kappa shape index (κ3) is 5.72. The fourth-order valence-corrected chi connectivity index (χ4v) is 8.31. The second-order valence-electron chi connectivity index (χ2n) is 10.8. The number of rotatable bonds is 7. The van der Waals surface area contributed by atoms with Crippen LogP contribution in [0.5, 0.6) is 0 Å². The van der Waals surface area contributed by atoms with Crippen molar-refractivity contribution in [1.82, 2.24) is 29.0 Å². The Labute approximate surface area is 255 Å². The van der Waals surface area contributed by atoms with E-state index >= 15 is 0 Å². The summed E-state index contributed by atoms with van der Waals surface area (Å²) in [7, 11) is 0. The van der Waals surface area contributed by atoms with Crippen molar-refractivity contribution in [2.24, 2.45) is 0 Å². The lowest BCUT2D eigenvalue weighted by Gasteiger charge is -2.31. The number of pyridine rings is 1. The van der Waals surface area contributed by atoms with Crippen molar-refractivity contribution >= 4 is 63.1 Å². The maximum atomic E-state index is 14.2. The highest BCUT2D eigenvalue weighted by atomic mass is 35.5. The predicted molar refractivity (Wildman–Crippen MR) is 166 cm³/mol. The molecule has 1 aromatic carbocycles. The molecule has 222 valence electrons. The van der Waals surface area contributed by atoms with Gasteiger partial charge in [-0.3, -0.25) is 18.7 Å². The maximum absolute atomic E-state index is 14.2. The van der Waals surface area contributed by atoms with Gasteiger partial charge in [0.1, 0.15) is 11.5 Å². The van der Waals surface area contributed by atoms with Crippen LogP contribution in [-0.4, -0.2) is 52.9 Å². The van der Waals surface area contributed by atoms with Crippen LogP contribution < -0.4 is 16.6 Å². The molecule has 1 N–H and O–H groups in total. The van der Waals surface area contributed by atoms with Crippen molar-refractivity contribution in [2.45, 2.75) is 75.3 Å². The minimum atomic E-state index is -0.599. The van der Waals surface area contributed by atoms with Crippen LogP contribution in [0, 0.1) is 5.82 Å². The van der Waals surface area contributed by atoms with E-state index in [1.807, 2.05) is 36.9 Å². The summed E-state index contributed by atoms with van der Waals surface area (Å²) in [5.41, 5.74) is 1.18. The molecule has 2 fully saturated rings. The number of carbonyl (C=O) groups excluding carboxylic acids is 1. The number of nitrogens with zero attached hydrogens (tertiary/aromatic N) is 5. The maximum Gasteiger partial charge on any atom is 0.333 e. The summed E-state index contributed by atoms with van der Waals surface area (Å²) in [4.78, 5) is 49.0. The zero-order chi connectivity index (χ0) is 29.4. The highest BCUT2D eigenvalue weighted by Gasteiger charge is 2.30. The number of amides is 1. The van der Waals surface area contributed by atoms with Gasteiger partial charge in [0.05, 0.1) is 28.4 Å². The monoisotopic (exact) mass is 630 g/mol. The standard InChI is InChI=1S/C29H32ClFN6O3S2/c1-2-35-24-8-3-17(30)13-23(24)34-28(35)42-16-25(38)33-19-4-6-20(7-5-19)37-27(39)22-14-18(31)15-32-26(22)36(29(37)40)21-9-11-41-12-10-21/h3,8,13-15,19-21H,2,4-7,9-12,16H2,1H3,(H,33,38). The highest BCUT2D eigenvalue weighted by molar-refractivity contribution is 7.99. The number of benzene rings is 1. The third-order valence-corrected chi connectivity index (χ3v) is 10.5. The van der Waals surface area contributed by atoms with Gasteiger partial charge in [-0.05, 0) is 81.2 Å². The molecule has 42 heavy (non-hydrogen) atoms. The summed E-state index contributed by atoms with van der Waals surface area (Å²) in [6, 6.07) is 6.35. The van der Waals surface area contributed by atoms with Crippen molar-refractivity contribution in [2.75, 3.05) is 17.3 Å². The van der Waals surface area contributed by atoms with Gasteiger partial charge >= 0.3 is 5.69 Å². The van der Waals surface area contributed by atoms with E-state index in [0.717, 1.165) is 53.3 Å². The Bertz CT molecular complexity index is 1760. The van der Waals surface area contributed by atoms with Crippen LogP contribution in [0.15, 0.2) is 45.2 Å². The van der Waals surface area contributed by atoms with E-state index in [0.29, 0.717) is 30.7 Å². The third-order valence-electron chi connectivity index (χ3n) is 8.23. The molecule has 1 aliphatic heterocycles. The van der Waals surface area contributed by atoms with Gasteiger partial charge < -0.3 is 9.88 Å². The molecule has 0 atom stereocenters. The van der Waals surface area contributed by atoms with Crippen LogP contribution in [0.4, 0.5) is 4.39 Å². The highest BCUT2D eigenvalue weighted by Crippen LogP contribution is 2.31. The number of aromatic nitrogens is 5. The zero-order valence-corrected chi connectivity index (χ0v) is 25.6. The fraction of sp³-hybridized carbons (Fsp3) is 0.483. The summed E-state index contributed by atoms with van der Waals surface area (Å²) < 4.78 is 19.2. The molecule has 4 heterocycles. The molecule has 2 aliphatic rings. The Kier molecular flexibility index (Phi) is 8.65. The summed E-state index contributed by atoms with van der Waals surface area (Å²) in [6.45, 7) is 2.76. The fourth-order valence-electron chi connectivity index (χ4n) is 6.17. The first-order valence-corrected chi connectivity index (χ1v) is 16.8. The van der Waals surface area contributed by atoms with Gasteiger partial charge in [0.2, 0.25) is 5.91 Å². The van der Waals surface area contributed by atoms with Crippen molar-refractivity contribution in [3.63, 3.8) is 0 Å². The van der Waals surface area contributed by atoms with Crippen LogP contribution in [-0.2, 0) is 11.3 Å². The predicted octanol–water partition coefficient (Wildman–Crippen LogP) is 5.18. The van der Waals surface area contributed by atoms with E-state index in [1.54, 1.807) is 4.57 Å². The van der Waals surface area contributed by atoms with E-state index in [-0.39, 0.29) is 46.5 Å². The van der Waals surface area contributed by atoms with Crippen molar-refractivity contribution in [3.05, 3.63) is 62.1 Å². The number of imidazole rings is 1. The minimum Gasteiger partial charge on any atom is -0.353 e.